The van der Waals surface area contributed by atoms with Crippen molar-refractivity contribution in [2.24, 2.45) is 5.92 Å². The number of rotatable bonds is 6. The number of carbonyl (C=O) groups excluding carboxylic acids is 1. The molecule has 0 unspecified atom stereocenters. The largest absolute Gasteiger partial charge is 0.481 e. The molecule has 0 aliphatic carbocycles. The lowest BCUT2D eigenvalue weighted by Gasteiger charge is -2.16. The maximum atomic E-state index is 12.6. The summed E-state index contributed by atoms with van der Waals surface area (Å²) in [5.41, 5.74) is 1.72. The Balaban J connectivity index is 1.67. The van der Waals surface area contributed by atoms with Gasteiger partial charge in [-0.15, -0.1) is 5.10 Å². The molecule has 0 spiro atoms. The van der Waals surface area contributed by atoms with E-state index in [1.165, 1.54) is 4.68 Å². The third-order valence-corrected chi connectivity index (χ3v) is 4.23. The number of carbonyl (C=O) groups is 2. The lowest BCUT2D eigenvalue weighted by Crippen LogP contribution is -2.29. The predicted molar refractivity (Wildman–Crippen MR) is 88.6 cm³/mol. The highest BCUT2D eigenvalue weighted by molar-refractivity contribution is 5.94. The van der Waals surface area contributed by atoms with Gasteiger partial charge >= 0.3 is 5.97 Å². The minimum atomic E-state index is -0.953. The Morgan fingerprint density at radius 1 is 1.32 bits per heavy atom. The van der Waals surface area contributed by atoms with Crippen molar-refractivity contribution in [3.8, 4) is 5.69 Å². The third kappa shape index (κ3) is 4.03. The third-order valence-electron chi connectivity index (χ3n) is 4.23. The highest BCUT2D eigenvalue weighted by atomic mass is 16.5. The number of carboxylic acid groups (broad SMARTS) is 1. The van der Waals surface area contributed by atoms with Gasteiger partial charge in [-0.25, -0.2) is 4.68 Å². The predicted octanol–water partition coefficient (Wildman–Crippen LogP) is 1.00. The number of nitrogens with zero attached hydrogens (tertiary/aromatic N) is 4. The van der Waals surface area contributed by atoms with Gasteiger partial charge in [-0.2, -0.15) is 0 Å². The number of hydrogen-bond donors (Lipinski definition) is 1. The van der Waals surface area contributed by atoms with Crippen molar-refractivity contribution >= 4 is 11.9 Å². The maximum absolute atomic E-state index is 12.6. The van der Waals surface area contributed by atoms with Crippen LogP contribution in [0, 0.1) is 5.92 Å². The molecule has 132 valence electrons. The molecule has 0 saturated carbocycles. The van der Waals surface area contributed by atoms with Crippen LogP contribution in [0.1, 0.15) is 22.5 Å². The highest BCUT2D eigenvalue weighted by Crippen LogP contribution is 2.19. The van der Waals surface area contributed by atoms with Crippen LogP contribution in [0.5, 0.6) is 0 Å². The van der Waals surface area contributed by atoms with Gasteiger partial charge in [-0.05, 0) is 30.7 Å². The molecule has 2 aromatic rings. The molecule has 2 heterocycles. The van der Waals surface area contributed by atoms with Crippen molar-refractivity contribution in [2.75, 3.05) is 26.8 Å². The molecule has 1 aliphatic heterocycles. The molecule has 1 N–H and O–H groups in total. The summed E-state index contributed by atoms with van der Waals surface area (Å²) >= 11 is 0. The van der Waals surface area contributed by atoms with Crippen molar-refractivity contribution in [3.63, 3.8) is 0 Å². The molecule has 8 heteroatoms. The monoisotopic (exact) mass is 344 g/mol. The van der Waals surface area contributed by atoms with Crippen molar-refractivity contribution in [2.45, 2.75) is 12.8 Å². The summed E-state index contributed by atoms with van der Waals surface area (Å²) in [6.07, 6.45) is 2.36. The number of aliphatic carboxylic acids is 1. The Morgan fingerprint density at radius 3 is 2.76 bits per heavy atom. The van der Waals surface area contributed by atoms with Gasteiger partial charge < -0.3 is 14.7 Å². The summed E-state index contributed by atoms with van der Waals surface area (Å²) < 4.78 is 6.66. The number of likely N-dealkylation sites (tertiary alicyclic amines) is 1. The number of ether oxygens (including phenoxy) is 1. The first-order valence-electron chi connectivity index (χ1n) is 8.08. The Kier molecular flexibility index (Phi) is 5.08. The van der Waals surface area contributed by atoms with Gasteiger partial charge in [-0.3, -0.25) is 9.59 Å². The van der Waals surface area contributed by atoms with Gasteiger partial charge in [0.1, 0.15) is 0 Å². The summed E-state index contributed by atoms with van der Waals surface area (Å²) in [5.74, 6) is -0.545. The van der Waals surface area contributed by atoms with E-state index >= 15 is 0 Å². The van der Waals surface area contributed by atoms with Gasteiger partial charge in [0.15, 0.2) is 0 Å². The topological polar surface area (TPSA) is 97.5 Å². The van der Waals surface area contributed by atoms with E-state index in [9.17, 15) is 9.59 Å². The van der Waals surface area contributed by atoms with Crippen LogP contribution in [0.2, 0.25) is 0 Å². The first-order valence-corrected chi connectivity index (χ1v) is 8.08. The second-order valence-electron chi connectivity index (χ2n) is 6.13. The number of hydrogen-bond acceptors (Lipinski definition) is 5. The zero-order chi connectivity index (χ0) is 17.8. The molecule has 8 nitrogen and oxygen atoms in total. The van der Waals surface area contributed by atoms with E-state index in [0.717, 1.165) is 25.2 Å². The lowest BCUT2D eigenvalue weighted by atomic mass is 10.1. The molecule has 3 rings (SSSR count). The molecule has 1 fully saturated rings. The summed E-state index contributed by atoms with van der Waals surface area (Å²) in [6, 6.07) is 7.05. The van der Waals surface area contributed by atoms with Crippen molar-refractivity contribution in [1.82, 2.24) is 19.9 Å². The summed E-state index contributed by atoms with van der Waals surface area (Å²) in [5, 5.41) is 16.5. The van der Waals surface area contributed by atoms with Crippen LogP contribution < -0.4 is 0 Å². The van der Waals surface area contributed by atoms with E-state index in [4.69, 9.17) is 9.84 Å². The van der Waals surface area contributed by atoms with E-state index in [1.54, 1.807) is 37.6 Å². The Hall–Kier alpha value is -2.74. The Labute approximate surface area is 145 Å². The molecule has 1 amide bonds. The molecule has 0 radical (unpaired) electrons. The molecule has 1 aromatic carbocycles. The standard InChI is InChI=1S/C17H20N4O4/c1-25-11-12-6-7-20(9-12)17(24)13-2-4-15(5-3-13)21-10-14(18-19-21)8-16(22)23/h2-5,10,12H,6-9,11H2,1H3,(H,22,23)/t12-/m0/s1. The van der Waals surface area contributed by atoms with Crippen LogP contribution in [-0.4, -0.2) is 63.7 Å². The smallest absolute Gasteiger partial charge is 0.309 e. The van der Waals surface area contributed by atoms with Crippen molar-refractivity contribution in [3.05, 3.63) is 41.7 Å². The molecule has 1 aromatic heterocycles. The van der Waals surface area contributed by atoms with E-state index in [-0.39, 0.29) is 12.3 Å². The number of carboxylic acids is 1. The molecule has 1 aliphatic rings. The number of methoxy groups -OCH3 is 1. The zero-order valence-corrected chi connectivity index (χ0v) is 14.0. The van der Waals surface area contributed by atoms with Crippen LogP contribution in [0.25, 0.3) is 5.69 Å². The minimum Gasteiger partial charge on any atom is -0.481 e. The molecule has 1 saturated heterocycles. The van der Waals surface area contributed by atoms with Gasteiger partial charge in [0.05, 0.1) is 30.6 Å². The van der Waals surface area contributed by atoms with E-state index in [2.05, 4.69) is 10.3 Å². The molecular formula is C17H20N4O4. The quantitative estimate of drug-likeness (QED) is 0.840. The Morgan fingerprint density at radius 2 is 2.08 bits per heavy atom. The molecule has 1 atom stereocenters. The van der Waals surface area contributed by atoms with Gasteiger partial charge in [0.25, 0.3) is 5.91 Å². The minimum absolute atomic E-state index is 0.00955. The van der Waals surface area contributed by atoms with Gasteiger partial charge in [0.2, 0.25) is 0 Å². The maximum Gasteiger partial charge on any atom is 0.309 e. The van der Waals surface area contributed by atoms with Gasteiger partial charge in [-0.1, -0.05) is 5.21 Å². The first-order chi connectivity index (χ1) is 12.1. The number of amides is 1. The second kappa shape index (κ2) is 7.43. The van der Waals surface area contributed by atoms with E-state index < -0.39 is 5.97 Å². The molecule has 25 heavy (non-hydrogen) atoms. The fraction of sp³-hybridized carbons (Fsp3) is 0.412. The lowest BCUT2D eigenvalue weighted by molar-refractivity contribution is -0.136. The summed E-state index contributed by atoms with van der Waals surface area (Å²) in [7, 11) is 1.68. The van der Waals surface area contributed by atoms with E-state index in [0.29, 0.717) is 23.8 Å². The van der Waals surface area contributed by atoms with E-state index in [1.807, 2.05) is 4.90 Å². The average Bonchev–Trinajstić information content (AvgIpc) is 3.24. The normalized spacial score (nSPS) is 17.0. The Bertz CT molecular complexity index is 756. The fourth-order valence-electron chi connectivity index (χ4n) is 2.99. The first kappa shape index (κ1) is 17.1. The average molecular weight is 344 g/mol. The number of aromatic nitrogens is 3. The van der Waals surface area contributed by atoms with Crippen LogP contribution in [0.3, 0.4) is 0 Å². The number of benzene rings is 1. The summed E-state index contributed by atoms with van der Waals surface area (Å²) in [6.45, 7) is 2.14. The summed E-state index contributed by atoms with van der Waals surface area (Å²) in [4.78, 5) is 25.1. The SMILES string of the molecule is COC[C@H]1CCN(C(=O)c2ccc(-n3cc(CC(=O)O)nn3)cc2)C1. The second-order valence-corrected chi connectivity index (χ2v) is 6.13. The van der Waals surface area contributed by atoms with Gasteiger partial charge in [0, 0.05) is 31.7 Å². The van der Waals surface area contributed by atoms with Crippen molar-refractivity contribution in [1.29, 1.82) is 0 Å². The van der Waals surface area contributed by atoms with Crippen LogP contribution >= 0.6 is 0 Å². The fourth-order valence-corrected chi connectivity index (χ4v) is 2.99. The zero-order valence-electron chi connectivity index (χ0n) is 14.0. The van der Waals surface area contributed by atoms with Crippen molar-refractivity contribution < 1.29 is 19.4 Å². The molecular weight excluding hydrogens is 324 g/mol. The van der Waals surface area contributed by atoms with Crippen LogP contribution in [0.4, 0.5) is 0 Å². The highest BCUT2D eigenvalue weighted by Gasteiger charge is 2.26. The molecule has 0 bridgehead atoms. The van der Waals surface area contributed by atoms with Crippen LogP contribution in [0.15, 0.2) is 30.5 Å². The van der Waals surface area contributed by atoms with Crippen LogP contribution in [-0.2, 0) is 16.0 Å².